The highest BCUT2D eigenvalue weighted by atomic mass is 35.5. The van der Waals surface area contributed by atoms with Crippen LogP contribution in [0.5, 0.6) is 0 Å². The summed E-state index contributed by atoms with van der Waals surface area (Å²) < 4.78 is 67.2. The van der Waals surface area contributed by atoms with Gasteiger partial charge in [-0.15, -0.1) is 0 Å². The third kappa shape index (κ3) is 4.39. The summed E-state index contributed by atoms with van der Waals surface area (Å²) in [5, 5.41) is 23.6. The van der Waals surface area contributed by atoms with Crippen LogP contribution < -0.4 is 5.32 Å². The van der Waals surface area contributed by atoms with Crippen LogP contribution >= 0.6 is 11.6 Å². The van der Waals surface area contributed by atoms with Crippen LogP contribution in [0.3, 0.4) is 0 Å². The highest BCUT2D eigenvalue weighted by Crippen LogP contribution is 2.51. The topological polar surface area (TPSA) is 116 Å². The molecular formula is C22H20ClF3N2O5S. The highest BCUT2D eigenvalue weighted by Gasteiger charge is 2.54. The maximum absolute atomic E-state index is 13.6. The molecule has 7 nitrogen and oxygen atoms in total. The number of nitrogens with zero attached hydrogens (tertiary/aromatic N) is 1. The van der Waals surface area contributed by atoms with Crippen LogP contribution in [-0.2, 0) is 9.84 Å². The first-order valence-corrected chi connectivity index (χ1v) is 12.3. The van der Waals surface area contributed by atoms with E-state index in [2.05, 4.69) is 10.5 Å². The van der Waals surface area contributed by atoms with Crippen molar-refractivity contribution in [3.05, 3.63) is 58.4 Å². The van der Waals surface area contributed by atoms with Crippen LogP contribution in [0.2, 0.25) is 5.02 Å². The molecule has 12 heteroatoms. The molecule has 0 spiro atoms. The standard InChI is InChI=1S/C22H20ClF3N2O5S/c23-15-4-3-11(21(29)28-14-6-16(24)19(26)17(25)7-14)5-18(15)34(32,33)20-12-1-2-13(20)9-22(30,8-12)10-27-31/h3-7,10,12-13,20,30-31H,1-2,8-9H2,(H,28,29)/b27-10+. The number of rotatable bonds is 5. The maximum atomic E-state index is 13.6. The van der Waals surface area contributed by atoms with Gasteiger partial charge in [0.2, 0.25) is 0 Å². The molecule has 2 unspecified atom stereocenters. The highest BCUT2D eigenvalue weighted by molar-refractivity contribution is 7.92. The molecule has 0 aromatic heterocycles. The first-order chi connectivity index (χ1) is 15.9. The number of carbonyl (C=O) groups is 1. The molecule has 2 aromatic rings. The number of anilines is 1. The molecule has 2 fully saturated rings. The Bertz CT molecular complexity index is 1250. The van der Waals surface area contributed by atoms with E-state index in [0.29, 0.717) is 25.0 Å². The number of amides is 1. The number of hydrogen-bond acceptors (Lipinski definition) is 6. The molecule has 2 atom stereocenters. The minimum atomic E-state index is -4.04. The Balaban J connectivity index is 1.63. The first-order valence-electron chi connectivity index (χ1n) is 10.4. The summed E-state index contributed by atoms with van der Waals surface area (Å²) in [5.41, 5.74) is -1.89. The van der Waals surface area contributed by atoms with Crippen molar-refractivity contribution >= 4 is 39.2 Å². The van der Waals surface area contributed by atoms with E-state index in [9.17, 15) is 31.5 Å². The molecule has 0 aliphatic heterocycles. The number of benzene rings is 2. The van der Waals surface area contributed by atoms with Crippen LogP contribution in [0.1, 0.15) is 36.0 Å². The van der Waals surface area contributed by atoms with Crippen LogP contribution in [0.15, 0.2) is 40.4 Å². The molecular weight excluding hydrogens is 497 g/mol. The van der Waals surface area contributed by atoms with Gasteiger partial charge in [0.05, 0.1) is 21.4 Å². The molecule has 2 aliphatic carbocycles. The third-order valence-corrected chi connectivity index (χ3v) is 9.35. The van der Waals surface area contributed by atoms with Gasteiger partial charge in [-0.25, -0.2) is 21.6 Å². The third-order valence-electron chi connectivity index (χ3n) is 6.47. The summed E-state index contributed by atoms with van der Waals surface area (Å²) in [6.07, 6.45) is 2.30. The Morgan fingerprint density at radius 3 is 2.26 bits per heavy atom. The van der Waals surface area contributed by atoms with Gasteiger partial charge in [0.25, 0.3) is 5.91 Å². The fraction of sp³-hybridized carbons (Fsp3) is 0.364. The van der Waals surface area contributed by atoms with Gasteiger partial charge in [0, 0.05) is 23.4 Å². The van der Waals surface area contributed by atoms with E-state index in [4.69, 9.17) is 16.8 Å². The average molecular weight is 517 g/mol. The second-order valence-electron chi connectivity index (χ2n) is 8.72. The van der Waals surface area contributed by atoms with Crippen molar-refractivity contribution in [2.45, 2.75) is 41.4 Å². The second-order valence-corrected chi connectivity index (χ2v) is 11.2. The monoisotopic (exact) mass is 516 g/mol. The Hall–Kier alpha value is -2.63. The van der Waals surface area contributed by atoms with Gasteiger partial charge in [-0.05, 0) is 55.7 Å². The summed E-state index contributed by atoms with van der Waals surface area (Å²) >= 11 is 6.19. The number of halogens is 4. The molecule has 1 amide bonds. The zero-order valence-electron chi connectivity index (χ0n) is 17.5. The Labute approximate surface area is 198 Å². The Kier molecular flexibility index (Phi) is 6.38. The predicted molar refractivity (Wildman–Crippen MR) is 117 cm³/mol. The molecule has 0 radical (unpaired) electrons. The minimum Gasteiger partial charge on any atom is -0.411 e. The molecule has 34 heavy (non-hydrogen) atoms. The van der Waals surface area contributed by atoms with Crippen LogP contribution in [0, 0.1) is 29.3 Å². The van der Waals surface area contributed by atoms with E-state index in [-0.39, 0.29) is 34.0 Å². The predicted octanol–water partition coefficient (Wildman–Crippen LogP) is 4.16. The van der Waals surface area contributed by atoms with Gasteiger partial charge in [-0.1, -0.05) is 16.8 Å². The molecule has 2 aromatic carbocycles. The van der Waals surface area contributed by atoms with Crippen molar-refractivity contribution in [1.29, 1.82) is 0 Å². The van der Waals surface area contributed by atoms with E-state index in [1.165, 1.54) is 12.1 Å². The average Bonchev–Trinajstić information content (AvgIpc) is 3.05. The molecule has 4 rings (SSSR count). The summed E-state index contributed by atoms with van der Waals surface area (Å²) in [7, 11) is -4.04. The summed E-state index contributed by atoms with van der Waals surface area (Å²) in [6.45, 7) is 0. The van der Waals surface area contributed by atoms with E-state index in [1.54, 1.807) is 0 Å². The summed E-state index contributed by atoms with van der Waals surface area (Å²) in [6, 6.07) is 4.76. The van der Waals surface area contributed by atoms with Crippen molar-refractivity contribution in [3.8, 4) is 0 Å². The van der Waals surface area contributed by atoms with Crippen molar-refractivity contribution in [2.24, 2.45) is 17.0 Å². The number of fused-ring (bicyclic) bond motifs is 2. The molecule has 3 N–H and O–H groups in total. The fourth-order valence-corrected chi connectivity index (χ4v) is 7.97. The largest absolute Gasteiger partial charge is 0.411 e. The van der Waals surface area contributed by atoms with Gasteiger partial charge in [-0.2, -0.15) is 0 Å². The molecule has 0 saturated heterocycles. The van der Waals surface area contributed by atoms with E-state index < -0.39 is 55.9 Å². The van der Waals surface area contributed by atoms with Gasteiger partial charge in [-0.3, -0.25) is 4.79 Å². The number of oxime groups is 1. The van der Waals surface area contributed by atoms with Crippen molar-refractivity contribution in [2.75, 3.05) is 5.32 Å². The van der Waals surface area contributed by atoms with Crippen LogP contribution in [0.4, 0.5) is 18.9 Å². The van der Waals surface area contributed by atoms with Crippen LogP contribution in [-0.4, -0.2) is 41.7 Å². The van der Waals surface area contributed by atoms with Crippen molar-refractivity contribution in [3.63, 3.8) is 0 Å². The Morgan fingerprint density at radius 2 is 1.71 bits per heavy atom. The number of aliphatic hydroxyl groups is 1. The normalized spacial score (nSPS) is 26.7. The second kappa shape index (κ2) is 8.86. The van der Waals surface area contributed by atoms with Crippen molar-refractivity contribution in [1.82, 2.24) is 0 Å². The van der Waals surface area contributed by atoms with E-state index >= 15 is 0 Å². The molecule has 2 saturated carbocycles. The molecule has 0 heterocycles. The van der Waals surface area contributed by atoms with Gasteiger partial charge < -0.3 is 15.6 Å². The number of carbonyl (C=O) groups excluding carboxylic acids is 1. The molecule has 2 bridgehead atoms. The smallest absolute Gasteiger partial charge is 0.255 e. The number of sulfone groups is 1. The summed E-state index contributed by atoms with van der Waals surface area (Å²) in [5.74, 6) is -6.37. The van der Waals surface area contributed by atoms with Gasteiger partial charge in [0.1, 0.15) is 5.60 Å². The lowest BCUT2D eigenvalue weighted by Crippen LogP contribution is -2.47. The molecule has 182 valence electrons. The lowest BCUT2D eigenvalue weighted by Gasteiger charge is -2.38. The zero-order chi connectivity index (χ0) is 24.8. The van der Waals surface area contributed by atoms with Gasteiger partial charge >= 0.3 is 0 Å². The fourth-order valence-electron chi connectivity index (χ4n) is 5.13. The lowest BCUT2D eigenvalue weighted by molar-refractivity contribution is 0.0454. The van der Waals surface area contributed by atoms with Gasteiger partial charge in [0.15, 0.2) is 27.3 Å². The summed E-state index contributed by atoms with van der Waals surface area (Å²) in [4.78, 5) is 12.4. The van der Waals surface area contributed by atoms with E-state index in [0.717, 1.165) is 12.3 Å². The minimum absolute atomic E-state index is 0.0942. The first kappa shape index (κ1) is 24.5. The maximum Gasteiger partial charge on any atom is 0.255 e. The quantitative estimate of drug-likeness (QED) is 0.239. The Morgan fingerprint density at radius 1 is 1.12 bits per heavy atom. The number of hydrogen-bond donors (Lipinski definition) is 3. The van der Waals surface area contributed by atoms with Crippen LogP contribution in [0.25, 0.3) is 0 Å². The number of nitrogens with one attached hydrogen (secondary N) is 1. The lowest BCUT2D eigenvalue weighted by atomic mass is 9.78. The molecule has 2 aliphatic rings. The van der Waals surface area contributed by atoms with Crippen molar-refractivity contribution < 1.29 is 36.7 Å². The van der Waals surface area contributed by atoms with E-state index in [1.807, 2.05) is 0 Å². The zero-order valence-corrected chi connectivity index (χ0v) is 19.1. The SMILES string of the molecule is O=C(Nc1cc(F)c(F)c(F)c1)c1ccc(Cl)c(S(=O)(=O)C2C3CCC2CC(O)(/C=N/O)C3)c1.